The first-order valence-corrected chi connectivity index (χ1v) is 11.9. The number of ether oxygens (including phenoxy) is 1. The van der Waals surface area contributed by atoms with Crippen molar-refractivity contribution in [3.05, 3.63) is 49.8 Å². The first-order chi connectivity index (χ1) is 14.3. The van der Waals surface area contributed by atoms with Crippen molar-refractivity contribution in [2.45, 2.75) is 45.1 Å². The van der Waals surface area contributed by atoms with E-state index in [1.165, 1.54) is 23.1 Å². The lowest BCUT2D eigenvalue weighted by atomic mass is 10.2. The van der Waals surface area contributed by atoms with Gasteiger partial charge in [-0.15, -0.1) is 23.1 Å². The summed E-state index contributed by atoms with van der Waals surface area (Å²) in [4.78, 5) is 34.3. The molecule has 1 unspecified atom stereocenters. The molecule has 3 aromatic rings. The minimum Gasteiger partial charge on any atom is -0.491 e. The molecular weight excluding hydrogens is 442 g/mol. The molecule has 2 aromatic heterocycles. The molecule has 160 valence electrons. The summed E-state index contributed by atoms with van der Waals surface area (Å²) in [6.45, 7) is 8.29. The second-order valence-corrected chi connectivity index (χ2v) is 9.88. The Bertz CT molecular complexity index is 1130. The van der Waals surface area contributed by atoms with Crippen molar-refractivity contribution in [1.29, 1.82) is 0 Å². The molecule has 0 spiro atoms. The summed E-state index contributed by atoms with van der Waals surface area (Å²) < 4.78 is 5.69. The molecule has 2 heterocycles. The standard InChI is InChI=1S/C21H24ClN3O3S2/c1-5-8-28-16-7-6-14(22)9-15(16)23-19(26)13(4)29-10-17-24-20(27)18-11(2)12(3)30-21(18)25-17/h6-7,9,13H,5,8,10H2,1-4H3,(H,23,26)(H,24,25,27). The van der Waals surface area contributed by atoms with Crippen molar-refractivity contribution < 1.29 is 9.53 Å². The second kappa shape index (κ2) is 9.85. The number of H-pyrrole nitrogens is 1. The lowest BCUT2D eigenvalue weighted by molar-refractivity contribution is -0.115. The number of carbonyl (C=O) groups excluding carboxylic acids is 1. The number of hydrogen-bond donors (Lipinski definition) is 2. The number of hydrogen-bond acceptors (Lipinski definition) is 6. The highest BCUT2D eigenvalue weighted by atomic mass is 35.5. The molecule has 0 bridgehead atoms. The van der Waals surface area contributed by atoms with Crippen LogP contribution in [0.25, 0.3) is 10.2 Å². The molecule has 0 aliphatic carbocycles. The zero-order chi connectivity index (χ0) is 21.8. The van der Waals surface area contributed by atoms with E-state index in [-0.39, 0.29) is 16.7 Å². The summed E-state index contributed by atoms with van der Waals surface area (Å²) in [5, 5.41) is 3.69. The van der Waals surface area contributed by atoms with E-state index in [2.05, 4.69) is 15.3 Å². The van der Waals surface area contributed by atoms with E-state index < -0.39 is 0 Å². The number of amides is 1. The second-order valence-electron chi connectivity index (χ2n) is 6.91. The number of thiophene rings is 1. The highest BCUT2D eigenvalue weighted by Gasteiger charge is 2.18. The summed E-state index contributed by atoms with van der Waals surface area (Å²) in [6, 6.07) is 5.16. The van der Waals surface area contributed by atoms with Crippen LogP contribution < -0.4 is 15.6 Å². The Hall–Kier alpha value is -2.03. The summed E-state index contributed by atoms with van der Waals surface area (Å²) in [6.07, 6.45) is 0.862. The minimum absolute atomic E-state index is 0.133. The van der Waals surface area contributed by atoms with Gasteiger partial charge in [-0.2, -0.15) is 0 Å². The van der Waals surface area contributed by atoms with E-state index in [0.29, 0.717) is 40.0 Å². The Morgan fingerprint density at radius 2 is 2.17 bits per heavy atom. The van der Waals surface area contributed by atoms with Gasteiger partial charge in [-0.3, -0.25) is 9.59 Å². The van der Waals surface area contributed by atoms with Crippen molar-refractivity contribution in [3.63, 3.8) is 0 Å². The van der Waals surface area contributed by atoms with Crippen LogP contribution in [0.15, 0.2) is 23.0 Å². The average Bonchev–Trinajstić information content (AvgIpc) is 2.99. The molecular formula is C21H24ClN3O3S2. The number of nitrogens with zero attached hydrogens (tertiary/aromatic N) is 1. The van der Waals surface area contributed by atoms with Crippen LogP contribution >= 0.6 is 34.7 Å². The zero-order valence-corrected chi connectivity index (χ0v) is 19.7. The molecule has 0 radical (unpaired) electrons. The fraction of sp³-hybridized carbons (Fsp3) is 0.381. The highest BCUT2D eigenvalue weighted by molar-refractivity contribution is 7.99. The quantitative estimate of drug-likeness (QED) is 0.471. The number of carbonyl (C=O) groups is 1. The lowest BCUT2D eigenvalue weighted by Gasteiger charge is -2.15. The fourth-order valence-corrected chi connectivity index (χ4v) is 4.80. The SMILES string of the molecule is CCCOc1ccc(Cl)cc1NC(=O)C(C)SCc1nc2sc(C)c(C)c2c(=O)[nH]1. The molecule has 0 aliphatic rings. The van der Waals surface area contributed by atoms with Crippen LogP contribution in [-0.4, -0.2) is 27.7 Å². The van der Waals surface area contributed by atoms with Gasteiger partial charge < -0.3 is 15.0 Å². The molecule has 2 N–H and O–H groups in total. The van der Waals surface area contributed by atoms with E-state index in [1.54, 1.807) is 18.2 Å². The number of thioether (sulfide) groups is 1. The molecule has 0 aliphatic heterocycles. The average molecular weight is 466 g/mol. The highest BCUT2D eigenvalue weighted by Crippen LogP contribution is 2.30. The van der Waals surface area contributed by atoms with Crippen molar-refractivity contribution in [2.75, 3.05) is 11.9 Å². The van der Waals surface area contributed by atoms with Gasteiger partial charge >= 0.3 is 0 Å². The topological polar surface area (TPSA) is 84.1 Å². The fourth-order valence-electron chi connectivity index (χ4n) is 2.82. The Morgan fingerprint density at radius 3 is 2.90 bits per heavy atom. The van der Waals surface area contributed by atoms with Gasteiger partial charge in [-0.25, -0.2) is 4.98 Å². The van der Waals surface area contributed by atoms with Gasteiger partial charge in [0.15, 0.2) is 0 Å². The van der Waals surface area contributed by atoms with Crippen molar-refractivity contribution in [3.8, 4) is 5.75 Å². The van der Waals surface area contributed by atoms with Crippen molar-refractivity contribution in [1.82, 2.24) is 9.97 Å². The summed E-state index contributed by atoms with van der Waals surface area (Å²) in [5.74, 6) is 1.40. The van der Waals surface area contributed by atoms with Gasteiger partial charge in [0, 0.05) is 9.90 Å². The molecule has 30 heavy (non-hydrogen) atoms. The van der Waals surface area contributed by atoms with E-state index in [1.807, 2.05) is 27.7 Å². The molecule has 6 nitrogen and oxygen atoms in total. The monoisotopic (exact) mass is 465 g/mol. The van der Waals surface area contributed by atoms with Crippen LogP contribution in [0.3, 0.4) is 0 Å². The maximum Gasteiger partial charge on any atom is 0.259 e. The molecule has 1 aromatic carbocycles. The van der Waals surface area contributed by atoms with Gasteiger partial charge in [0.05, 0.1) is 28.7 Å². The summed E-state index contributed by atoms with van der Waals surface area (Å²) in [5.41, 5.74) is 1.38. The third kappa shape index (κ3) is 5.17. The van der Waals surface area contributed by atoms with Crippen molar-refractivity contribution >= 4 is 56.5 Å². The predicted molar refractivity (Wildman–Crippen MR) is 126 cm³/mol. The van der Waals surface area contributed by atoms with Crippen LogP contribution in [0, 0.1) is 13.8 Å². The van der Waals surface area contributed by atoms with E-state index in [0.717, 1.165) is 21.7 Å². The number of halogens is 1. The van der Waals surface area contributed by atoms with E-state index >= 15 is 0 Å². The number of aromatic nitrogens is 2. The van der Waals surface area contributed by atoms with Gasteiger partial charge in [-0.05, 0) is 51.0 Å². The molecule has 0 saturated heterocycles. The number of benzene rings is 1. The normalized spacial score (nSPS) is 12.2. The Labute approximate surface area is 188 Å². The third-order valence-electron chi connectivity index (χ3n) is 4.59. The molecule has 1 amide bonds. The third-order valence-corrected chi connectivity index (χ3v) is 7.08. The predicted octanol–water partition coefficient (Wildman–Crippen LogP) is 5.30. The number of aryl methyl sites for hydroxylation is 2. The molecule has 9 heteroatoms. The van der Waals surface area contributed by atoms with E-state index in [9.17, 15) is 9.59 Å². The minimum atomic E-state index is -0.365. The van der Waals surface area contributed by atoms with Crippen LogP contribution in [0.2, 0.25) is 5.02 Å². The smallest absolute Gasteiger partial charge is 0.259 e. The first kappa shape index (κ1) is 22.7. The lowest BCUT2D eigenvalue weighted by Crippen LogP contribution is -2.23. The van der Waals surface area contributed by atoms with Crippen LogP contribution in [0.1, 0.15) is 36.5 Å². The van der Waals surface area contributed by atoms with Crippen molar-refractivity contribution in [2.24, 2.45) is 0 Å². The number of rotatable bonds is 8. The maximum absolute atomic E-state index is 12.7. The largest absolute Gasteiger partial charge is 0.491 e. The molecule has 0 fully saturated rings. The Morgan fingerprint density at radius 1 is 1.40 bits per heavy atom. The Balaban J connectivity index is 1.67. The Kier molecular flexibility index (Phi) is 7.44. The van der Waals surface area contributed by atoms with Crippen LogP contribution in [0.4, 0.5) is 5.69 Å². The van der Waals surface area contributed by atoms with Crippen LogP contribution in [0.5, 0.6) is 5.75 Å². The van der Waals surface area contributed by atoms with Crippen LogP contribution in [-0.2, 0) is 10.5 Å². The number of fused-ring (bicyclic) bond motifs is 1. The maximum atomic E-state index is 12.7. The molecule has 3 rings (SSSR count). The summed E-state index contributed by atoms with van der Waals surface area (Å²) >= 11 is 8.99. The van der Waals surface area contributed by atoms with Gasteiger partial charge in [-0.1, -0.05) is 18.5 Å². The van der Waals surface area contributed by atoms with Gasteiger partial charge in [0.25, 0.3) is 5.56 Å². The zero-order valence-electron chi connectivity index (χ0n) is 17.3. The van der Waals surface area contributed by atoms with Gasteiger partial charge in [0.1, 0.15) is 16.4 Å². The summed E-state index contributed by atoms with van der Waals surface area (Å²) in [7, 11) is 0. The molecule has 1 atom stereocenters. The number of nitrogens with one attached hydrogen (secondary N) is 2. The van der Waals surface area contributed by atoms with Gasteiger partial charge in [0.2, 0.25) is 5.91 Å². The molecule has 0 saturated carbocycles. The number of anilines is 1. The number of aromatic amines is 1. The van der Waals surface area contributed by atoms with E-state index in [4.69, 9.17) is 16.3 Å². The first-order valence-electron chi connectivity index (χ1n) is 9.63.